The summed E-state index contributed by atoms with van der Waals surface area (Å²) in [6.07, 6.45) is 2.72. The molecule has 0 fully saturated rings. The van der Waals surface area contributed by atoms with Crippen LogP contribution in [0, 0.1) is 6.92 Å². The molecule has 0 saturated heterocycles. The highest BCUT2D eigenvalue weighted by atomic mass is 32.2. The van der Waals surface area contributed by atoms with Crippen molar-refractivity contribution in [2.24, 2.45) is 0 Å². The molecule has 0 atom stereocenters. The Kier molecular flexibility index (Phi) is 3.50. The lowest BCUT2D eigenvalue weighted by Crippen LogP contribution is -2.05. The van der Waals surface area contributed by atoms with Crippen molar-refractivity contribution in [1.29, 1.82) is 0 Å². The summed E-state index contributed by atoms with van der Waals surface area (Å²) in [6, 6.07) is 0. The number of aryl methyl sites for hydroxylation is 1. The van der Waals surface area contributed by atoms with Gasteiger partial charge in [0.1, 0.15) is 10.9 Å². The van der Waals surface area contributed by atoms with Crippen LogP contribution >= 0.6 is 11.8 Å². The van der Waals surface area contributed by atoms with Gasteiger partial charge in [-0.3, -0.25) is 10.2 Å². The Balaban J connectivity index is 1.96. The smallest absolute Gasteiger partial charge is 0.225 e. The Labute approximate surface area is 119 Å². The largest absolute Gasteiger partial charge is 0.354 e. The Morgan fingerprint density at radius 2 is 2.15 bits per heavy atom. The molecule has 0 spiro atoms. The Bertz CT molecular complexity index is 718. The van der Waals surface area contributed by atoms with Crippen LogP contribution in [-0.2, 0) is 0 Å². The van der Waals surface area contributed by atoms with E-state index in [1.807, 2.05) is 6.92 Å². The van der Waals surface area contributed by atoms with Crippen molar-refractivity contribution in [3.63, 3.8) is 0 Å². The van der Waals surface area contributed by atoms with Gasteiger partial charge in [0.05, 0.1) is 11.6 Å². The second-order valence-corrected chi connectivity index (χ2v) is 5.17. The quantitative estimate of drug-likeness (QED) is 0.614. The third-order valence-electron chi connectivity index (χ3n) is 2.57. The van der Waals surface area contributed by atoms with E-state index < -0.39 is 0 Å². The Morgan fingerprint density at radius 1 is 1.25 bits per heavy atom. The van der Waals surface area contributed by atoms with E-state index in [0.717, 1.165) is 29.2 Å². The topological polar surface area (TPSA) is 108 Å². The van der Waals surface area contributed by atoms with Crippen molar-refractivity contribution in [2.75, 3.05) is 11.9 Å². The van der Waals surface area contributed by atoms with Crippen molar-refractivity contribution < 1.29 is 0 Å². The predicted molar refractivity (Wildman–Crippen MR) is 75.7 cm³/mol. The Morgan fingerprint density at radius 3 is 2.90 bits per heavy atom. The number of aromatic nitrogens is 7. The zero-order valence-corrected chi connectivity index (χ0v) is 12.0. The van der Waals surface area contributed by atoms with E-state index in [0.29, 0.717) is 16.8 Å². The van der Waals surface area contributed by atoms with Crippen molar-refractivity contribution in [2.45, 2.75) is 30.5 Å². The van der Waals surface area contributed by atoms with Gasteiger partial charge < -0.3 is 5.32 Å². The standard InChI is InChI=1S/C11H14N8S/c1-3-4-12-10-15-8-7(5-13-18-8)9(16-10)20-11-14-6(2)17-19-11/h5H,3-4H2,1-2H3,(H,14,17,19)(H2,12,13,15,16,18). The summed E-state index contributed by atoms with van der Waals surface area (Å²) in [6.45, 7) is 4.77. The summed E-state index contributed by atoms with van der Waals surface area (Å²) >= 11 is 1.39. The fourth-order valence-electron chi connectivity index (χ4n) is 1.66. The van der Waals surface area contributed by atoms with Crippen molar-refractivity contribution in [1.82, 2.24) is 35.3 Å². The molecule has 20 heavy (non-hydrogen) atoms. The zero-order valence-electron chi connectivity index (χ0n) is 11.1. The van der Waals surface area contributed by atoms with E-state index in [1.54, 1.807) is 6.20 Å². The van der Waals surface area contributed by atoms with Gasteiger partial charge in [0.2, 0.25) is 11.1 Å². The number of hydrogen-bond acceptors (Lipinski definition) is 7. The highest BCUT2D eigenvalue weighted by molar-refractivity contribution is 7.99. The molecule has 0 unspecified atom stereocenters. The van der Waals surface area contributed by atoms with Gasteiger partial charge in [0.15, 0.2) is 5.65 Å². The molecule has 3 N–H and O–H groups in total. The summed E-state index contributed by atoms with van der Waals surface area (Å²) < 4.78 is 0. The number of hydrogen-bond donors (Lipinski definition) is 3. The third kappa shape index (κ3) is 2.57. The molecule has 3 aromatic heterocycles. The molecular weight excluding hydrogens is 276 g/mol. The molecule has 104 valence electrons. The van der Waals surface area contributed by atoms with E-state index in [1.165, 1.54) is 11.8 Å². The van der Waals surface area contributed by atoms with Crippen LogP contribution in [0.15, 0.2) is 16.4 Å². The van der Waals surface area contributed by atoms with Gasteiger partial charge in [0.25, 0.3) is 0 Å². The molecule has 0 aliphatic carbocycles. The minimum atomic E-state index is 0.582. The van der Waals surface area contributed by atoms with Gasteiger partial charge in [-0.1, -0.05) is 6.92 Å². The van der Waals surface area contributed by atoms with E-state index in [2.05, 4.69) is 47.6 Å². The second-order valence-electron chi connectivity index (χ2n) is 4.22. The van der Waals surface area contributed by atoms with Gasteiger partial charge in [0, 0.05) is 6.54 Å². The molecular formula is C11H14N8S. The molecule has 0 bridgehead atoms. The Hall–Kier alpha value is -2.16. The molecule has 0 radical (unpaired) electrons. The first kappa shape index (κ1) is 12.9. The monoisotopic (exact) mass is 290 g/mol. The second kappa shape index (κ2) is 5.45. The summed E-state index contributed by atoms with van der Waals surface area (Å²) in [4.78, 5) is 13.2. The maximum Gasteiger partial charge on any atom is 0.225 e. The maximum atomic E-state index is 4.50. The van der Waals surface area contributed by atoms with Gasteiger partial charge in [-0.05, 0) is 25.1 Å². The van der Waals surface area contributed by atoms with Crippen LogP contribution in [0.5, 0.6) is 0 Å². The number of fused-ring (bicyclic) bond motifs is 1. The molecule has 0 aliphatic heterocycles. The summed E-state index contributed by atoms with van der Waals surface area (Å²) in [7, 11) is 0. The van der Waals surface area contributed by atoms with Crippen molar-refractivity contribution in [3.05, 3.63) is 12.0 Å². The first-order valence-corrected chi connectivity index (χ1v) is 7.09. The fraction of sp³-hybridized carbons (Fsp3) is 0.364. The van der Waals surface area contributed by atoms with Gasteiger partial charge in [-0.15, -0.1) is 5.10 Å². The first-order valence-electron chi connectivity index (χ1n) is 6.28. The van der Waals surface area contributed by atoms with Crippen LogP contribution < -0.4 is 5.32 Å². The highest BCUT2D eigenvalue weighted by Gasteiger charge is 2.13. The van der Waals surface area contributed by atoms with E-state index in [9.17, 15) is 0 Å². The highest BCUT2D eigenvalue weighted by Crippen LogP contribution is 2.29. The first-order chi connectivity index (χ1) is 9.76. The predicted octanol–water partition coefficient (Wildman–Crippen LogP) is 1.75. The number of nitrogens with one attached hydrogen (secondary N) is 3. The van der Waals surface area contributed by atoms with Crippen molar-refractivity contribution in [3.8, 4) is 0 Å². The fourth-order valence-corrected chi connectivity index (χ4v) is 2.49. The number of aromatic amines is 2. The zero-order chi connectivity index (χ0) is 13.9. The van der Waals surface area contributed by atoms with Crippen LogP contribution in [0.2, 0.25) is 0 Å². The molecule has 3 rings (SSSR count). The molecule has 3 heterocycles. The summed E-state index contributed by atoms with van der Waals surface area (Å²) in [5.41, 5.74) is 0.702. The molecule has 0 saturated carbocycles. The van der Waals surface area contributed by atoms with E-state index in [-0.39, 0.29) is 0 Å². The minimum Gasteiger partial charge on any atom is -0.354 e. The normalized spacial score (nSPS) is 11.1. The van der Waals surface area contributed by atoms with Crippen LogP contribution in [0.25, 0.3) is 11.0 Å². The SMILES string of the molecule is CCCNc1nc(Sc2n[nH]c(C)n2)c2cn[nH]c2n1. The number of nitrogens with zero attached hydrogens (tertiary/aromatic N) is 5. The average Bonchev–Trinajstić information content (AvgIpc) is 3.05. The molecule has 8 nitrogen and oxygen atoms in total. The van der Waals surface area contributed by atoms with E-state index >= 15 is 0 Å². The number of H-pyrrole nitrogens is 2. The minimum absolute atomic E-state index is 0.582. The number of anilines is 1. The summed E-state index contributed by atoms with van der Waals surface area (Å²) in [5, 5.41) is 19.2. The summed E-state index contributed by atoms with van der Waals surface area (Å²) in [5.74, 6) is 1.35. The van der Waals surface area contributed by atoms with Gasteiger partial charge in [-0.25, -0.2) is 9.97 Å². The molecule has 0 aliphatic rings. The number of rotatable bonds is 5. The van der Waals surface area contributed by atoms with Crippen LogP contribution in [0.3, 0.4) is 0 Å². The van der Waals surface area contributed by atoms with Crippen molar-refractivity contribution >= 4 is 28.7 Å². The third-order valence-corrected chi connectivity index (χ3v) is 3.44. The molecule has 0 aromatic carbocycles. The van der Waals surface area contributed by atoms with Gasteiger partial charge >= 0.3 is 0 Å². The van der Waals surface area contributed by atoms with Crippen LogP contribution in [0.4, 0.5) is 5.95 Å². The maximum absolute atomic E-state index is 4.50. The lowest BCUT2D eigenvalue weighted by molar-refractivity contribution is 0.938. The molecule has 3 aromatic rings. The molecule has 0 amide bonds. The van der Waals surface area contributed by atoms with E-state index in [4.69, 9.17) is 0 Å². The van der Waals surface area contributed by atoms with Crippen LogP contribution in [-0.4, -0.2) is 41.9 Å². The molecule has 9 heteroatoms. The average molecular weight is 290 g/mol. The lowest BCUT2D eigenvalue weighted by atomic mass is 10.4. The van der Waals surface area contributed by atoms with Crippen LogP contribution in [0.1, 0.15) is 19.2 Å². The van der Waals surface area contributed by atoms with Gasteiger partial charge in [-0.2, -0.15) is 10.1 Å². The lowest BCUT2D eigenvalue weighted by Gasteiger charge is -2.05.